The Morgan fingerprint density at radius 2 is 1.93 bits per heavy atom. The van der Waals surface area contributed by atoms with E-state index in [2.05, 4.69) is 10.6 Å². The minimum atomic E-state index is -0.273. The molecule has 0 spiro atoms. The monoisotopic (exact) mass is 372 g/mol. The Labute approximate surface area is 160 Å². The highest BCUT2D eigenvalue weighted by atomic mass is 16.5. The van der Waals surface area contributed by atoms with Crippen LogP contribution < -0.4 is 15.4 Å². The van der Waals surface area contributed by atoms with Crippen LogP contribution in [0, 0.1) is 0 Å². The molecular weight excluding hydrogens is 344 g/mol. The van der Waals surface area contributed by atoms with Crippen molar-refractivity contribution in [1.29, 1.82) is 0 Å². The van der Waals surface area contributed by atoms with Crippen molar-refractivity contribution in [2.75, 3.05) is 25.1 Å². The van der Waals surface area contributed by atoms with E-state index in [0.29, 0.717) is 31.9 Å². The maximum Gasteiger partial charge on any atom is 0.319 e. The zero-order chi connectivity index (χ0) is 19.3. The number of rotatable bonds is 11. The molecule has 1 unspecified atom stereocenters. The van der Waals surface area contributed by atoms with Gasteiger partial charge in [0.2, 0.25) is 0 Å². The van der Waals surface area contributed by atoms with Crippen LogP contribution >= 0.6 is 0 Å². The van der Waals surface area contributed by atoms with Crippen LogP contribution in [0.25, 0.3) is 0 Å². The number of carbonyl (C=O) groups excluding carboxylic acids is 1. The van der Waals surface area contributed by atoms with E-state index < -0.39 is 0 Å². The topological polar surface area (TPSA) is 79.8 Å². The second-order valence-corrected chi connectivity index (χ2v) is 6.13. The lowest BCUT2D eigenvalue weighted by atomic mass is 10.1. The Balaban J connectivity index is 1.71. The van der Waals surface area contributed by atoms with E-state index in [1.165, 1.54) is 0 Å². The summed E-state index contributed by atoms with van der Waals surface area (Å²) in [5.74, 6) is 0.824. The molecule has 2 aromatic rings. The van der Waals surface area contributed by atoms with Crippen LogP contribution in [0.4, 0.5) is 10.5 Å². The number of para-hydroxylation sites is 1. The standard InChI is InChI=1S/C21H28N2O4/c1-2-18(11-12-24)22-21(25)23-19-8-6-7-17(15-19)16-26-13-14-27-20-9-4-3-5-10-20/h3-10,15,18,24H,2,11-14,16H2,1H3,(H2,22,23,25). The first kappa shape index (κ1) is 20.7. The summed E-state index contributed by atoms with van der Waals surface area (Å²) in [6, 6.07) is 16.8. The second kappa shape index (κ2) is 11.9. The number of benzene rings is 2. The van der Waals surface area contributed by atoms with Gasteiger partial charge in [0.05, 0.1) is 13.2 Å². The Kier molecular flexibility index (Phi) is 9.17. The third-order valence-electron chi connectivity index (χ3n) is 4.00. The zero-order valence-corrected chi connectivity index (χ0v) is 15.7. The van der Waals surface area contributed by atoms with Crippen LogP contribution in [0.5, 0.6) is 5.75 Å². The summed E-state index contributed by atoms with van der Waals surface area (Å²) in [6.45, 7) is 3.43. The summed E-state index contributed by atoms with van der Waals surface area (Å²) < 4.78 is 11.2. The molecule has 2 aromatic carbocycles. The molecule has 0 heterocycles. The summed E-state index contributed by atoms with van der Waals surface area (Å²) in [6.07, 6.45) is 1.32. The first-order valence-electron chi connectivity index (χ1n) is 9.24. The largest absolute Gasteiger partial charge is 0.491 e. The van der Waals surface area contributed by atoms with Crippen molar-refractivity contribution in [2.45, 2.75) is 32.4 Å². The fraction of sp³-hybridized carbons (Fsp3) is 0.381. The molecular formula is C21H28N2O4. The molecule has 1 atom stereocenters. The average Bonchev–Trinajstić information content (AvgIpc) is 2.68. The fourth-order valence-electron chi connectivity index (χ4n) is 2.55. The van der Waals surface area contributed by atoms with Crippen molar-refractivity contribution in [3.8, 4) is 5.75 Å². The van der Waals surface area contributed by atoms with E-state index in [4.69, 9.17) is 14.6 Å². The van der Waals surface area contributed by atoms with Gasteiger partial charge in [-0.05, 0) is 42.7 Å². The van der Waals surface area contributed by atoms with Gasteiger partial charge in [0.1, 0.15) is 12.4 Å². The van der Waals surface area contributed by atoms with Crippen LogP contribution in [-0.4, -0.2) is 37.0 Å². The summed E-state index contributed by atoms with van der Waals surface area (Å²) >= 11 is 0. The van der Waals surface area contributed by atoms with E-state index in [1.807, 2.05) is 61.5 Å². The Bertz CT molecular complexity index is 679. The van der Waals surface area contributed by atoms with Crippen molar-refractivity contribution in [2.24, 2.45) is 0 Å². The number of urea groups is 1. The average molecular weight is 372 g/mol. The van der Waals surface area contributed by atoms with Crippen LogP contribution in [0.2, 0.25) is 0 Å². The molecule has 0 bridgehead atoms. The summed E-state index contributed by atoms with van der Waals surface area (Å²) in [5.41, 5.74) is 1.67. The van der Waals surface area contributed by atoms with Gasteiger partial charge in [-0.25, -0.2) is 4.79 Å². The molecule has 0 aliphatic rings. The zero-order valence-electron chi connectivity index (χ0n) is 15.7. The molecule has 0 fully saturated rings. The molecule has 3 N–H and O–H groups in total. The number of anilines is 1. The maximum atomic E-state index is 12.1. The number of aliphatic hydroxyl groups is 1. The van der Waals surface area contributed by atoms with Gasteiger partial charge < -0.3 is 25.2 Å². The van der Waals surface area contributed by atoms with Gasteiger partial charge in [-0.3, -0.25) is 0 Å². The smallest absolute Gasteiger partial charge is 0.319 e. The fourth-order valence-corrected chi connectivity index (χ4v) is 2.55. The number of amides is 2. The first-order valence-corrected chi connectivity index (χ1v) is 9.24. The van der Waals surface area contributed by atoms with E-state index in [9.17, 15) is 4.79 Å². The molecule has 27 heavy (non-hydrogen) atoms. The molecule has 0 saturated heterocycles. The van der Waals surface area contributed by atoms with E-state index >= 15 is 0 Å². The van der Waals surface area contributed by atoms with E-state index in [-0.39, 0.29) is 18.7 Å². The number of hydrogen-bond donors (Lipinski definition) is 3. The van der Waals surface area contributed by atoms with Gasteiger partial charge >= 0.3 is 6.03 Å². The van der Waals surface area contributed by atoms with Gasteiger partial charge in [-0.2, -0.15) is 0 Å². The molecule has 6 heteroatoms. The number of ether oxygens (including phenoxy) is 2. The number of carbonyl (C=O) groups is 1. The van der Waals surface area contributed by atoms with Gasteiger partial charge in [-0.1, -0.05) is 37.3 Å². The Morgan fingerprint density at radius 1 is 1.11 bits per heavy atom. The minimum absolute atomic E-state index is 0.0360. The molecule has 0 radical (unpaired) electrons. The number of hydrogen-bond acceptors (Lipinski definition) is 4. The molecule has 0 aliphatic carbocycles. The van der Waals surface area contributed by atoms with Crippen LogP contribution in [-0.2, 0) is 11.3 Å². The van der Waals surface area contributed by atoms with Crippen LogP contribution in [0.3, 0.4) is 0 Å². The second-order valence-electron chi connectivity index (χ2n) is 6.13. The highest BCUT2D eigenvalue weighted by Gasteiger charge is 2.10. The van der Waals surface area contributed by atoms with Crippen molar-refractivity contribution in [1.82, 2.24) is 5.32 Å². The van der Waals surface area contributed by atoms with Crippen molar-refractivity contribution >= 4 is 11.7 Å². The lowest BCUT2D eigenvalue weighted by molar-refractivity contribution is 0.0889. The van der Waals surface area contributed by atoms with Gasteiger partial charge in [-0.15, -0.1) is 0 Å². The highest BCUT2D eigenvalue weighted by molar-refractivity contribution is 5.89. The molecule has 2 rings (SSSR count). The predicted molar refractivity (Wildman–Crippen MR) is 106 cm³/mol. The lowest BCUT2D eigenvalue weighted by Gasteiger charge is -2.16. The summed E-state index contributed by atoms with van der Waals surface area (Å²) in [4.78, 5) is 12.1. The van der Waals surface area contributed by atoms with E-state index in [1.54, 1.807) is 0 Å². The molecule has 146 valence electrons. The van der Waals surface area contributed by atoms with Crippen LogP contribution in [0.15, 0.2) is 54.6 Å². The molecule has 0 aromatic heterocycles. The first-order chi connectivity index (χ1) is 13.2. The number of nitrogens with one attached hydrogen (secondary N) is 2. The predicted octanol–water partition coefficient (Wildman–Crippen LogP) is 3.56. The molecule has 0 aliphatic heterocycles. The van der Waals surface area contributed by atoms with Crippen molar-refractivity contribution in [3.05, 3.63) is 60.2 Å². The SMILES string of the molecule is CCC(CCO)NC(=O)Nc1cccc(COCCOc2ccccc2)c1. The molecule has 2 amide bonds. The Morgan fingerprint density at radius 3 is 2.67 bits per heavy atom. The normalized spacial score (nSPS) is 11.6. The highest BCUT2D eigenvalue weighted by Crippen LogP contribution is 2.12. The van der Waals surface area contributed by atoms with Crippen molar-refractivity contribution < 1.29 is 19.4 Å². The third-order valence-corrected chi connectivity index (χ3v) is 4.00. The third kappa shape index (κ3) is 8.11. The lowest BCUT2D eigenvalue weighted by Crippen LogP contribution is -2.38. The molecule has 6 nitrogen and oxygen atoms in total. The summed E-state index contributed by atoms with van der Waals surface area (Å²) in [5, 5.41) is 14.7. The number of aliphatic hydroxyl groups excluding tert-OH is 1. The van der Waals surface area contributed by atoms with Gasteiger partial charge in [0, 0.05) is 18.3 Å². The van der Waals surface area contributed by atoms with Crippen molar-refractivity contribution in [3.63, 3.8) is 0 Å². The van der Waals surface area contributed by atoms with Gasteiger partial charge in [0.15, 0.2) is 0 Å². The Hall–Kier alpha value is -2.57. The van der Waals surface area contributed by atoms with Crippen LogP contribution in [0.1, 0.15) is 25.3 Å². The van der Waals surface area contributed by atoms with Gasteiger partial charge in [0.25, 0.3) is 0 Å². The van der Waals surface area contributed by atoms with E-state index in [0.717, 1.165) is 17.7 Å². The quantitative estimate of drug-likeness (QED) is 0.527. The maximum absolute atomic E-state index is 12.1. The summed E-state index contributed by atoms with van der Waals surface area (Å²) in [7, 11) is 0. The molecule has 0 saturated carbocycles. The minimum Gasteiger partial charge on any atom is -0.491 e.